The Bertz CT molecular complexity index is 1430. The summed E-state index contributed by atoms with van der Waals surface area (Å²) in [5, 5.41) is 6.89. The summed E-state index contributed by atoms with van der Waals surface area (Å²) in [6.07, 6.45) is 5.58. The molecule has 2 aromatic carbocycles. The summed E-state index contributed by atoms with van der Waals surface area (Å²) >= 11 is 0. The molecule has 0 bridgehead atoms. The van der Waals surface area contributed by atoms with Gasteiger partial charge in [0.25, 0.3) is 0 Å². The highest BCUT2D eigenvalue weighted by Gasteiger charge is 2.37. The molecule has 9 heteroatoms. The van der Waals surface area contributed by atoms with E-state index in [1.54, 1.807) is 13.3 Å². The van der Waals surface area contributed by atoms with Gasteiger partial charge in [-0.2, -0.15) is 0 Å². The van der Waals surface area contributed by atoms with Crippen LogP contribution in [-0.2, 0) is 10.2 Å². The Morgan fingerprint density at radius 1 is 1.17 bits per heavy atom. The lowest BCUT2D eigenvalue weighted by atomic mass is 9.84. The van der Waals surface area contributed by atoms with Crippen molar-refractivity contribution in [3.8, 4) is 17.0 Å². The van der Waals surface area contributed by atoms with E-state index in [-0.39, 0.29) is 11.6 Å². The summed E-state index contributed by atoms with van der Waals surface area (Å²) in [7, 11) is 1.70. The first kappa shape index (κ1) is 22.6. The molecule has 1 fully saturated rings. The Morgan fingerprint density at radius 3 is 2.81 bits per heavy atom. The summed E-state index contributed by atoms with van der Waals surface area (Å²) in [6.45, 7) is 7.45. The molecule has 4 aromatic rings. The lowest BCUT2D eigenvalue weighted by Crippen LogP contribution is -2.40. The van der Waals surface area contributed by atoms with Crippen LogP contribution in [0.15, 0.2) is 55.0 Å². The molecular formula is C27H31N7O2. The zero-order valence-corrected chi connectivity index (χ0v) is 20.8. The number of nitrogens with one attached hydrogen (secondary N) is 2. The first-order chi connectivity index (χ1) is 17.4. The van der Waals surface area contributed by atoms with Crippen molar-refractivity contribution < 1.29 is 9.47 Å². The van der Waals surface area contributed by atoms with Crippen LogP contribution in [0.1, 0.15) is 19.4 Å². The van der Waals surface area contributed by atoms with E-state index in [4.69, 9.17) is 20.2 Å². The van der Waals surface area contributed by atoms with Gasteiger partial charge in [-0.1, -0.05) is 26.0 Å². The highest BCUT2D eigenvalue weighted by molar-refractivity contribution is 5.77. The maximum atomic E-state index is 6.34. The fraction of sp³-hybridized carbons (Fsp3) is 0.333. The lowest BCUT2D eigenvalue weighted by Gasteiger charge is -2.30. The average molecular weight is 486 g/mol. The van der Waals surface area contributed by atoms with E-state index >= 15 is 0 Å². The number of methoxy groups -OCH3 is 1. The van der Waals surface area contributed by atoms with Crippen LogP contribution < -0.4 is 26.0 Å². The third kappa shape index (κ3) is 3.81. The quantitative estimate of drug-likeness (QED) is 0.390. The van der Waals surface area contributed by atoms with Crippen molar-refractivity contribution in [2.45, 2.75) is 25.4 Å². The number of aromatic nitrogens is 3. The predicted octanol–water partition coefficient (Wildman–Crippen LogP) is 3.97. The van der Waals surface area contributed by atoms with Crippen molar-refractivity contribution in [2.75, 3.05) is 48.9 Å². The van der Waals surface area contributed by atoms with Gasteiger partial charge in [-0.25, -0.2) is 9.97 Å². The van der Waals surface area contributed by atoms with Gasteiger partial charge in [0.05, 0.1) is 37.9 Å². The van der Waals surface area contributed by atoms with Crippen LogP contribution in [0.3, 0.4) is 0 Å². The molecule has 0 amide bonds. The van der Waals surface area contributed by atoms with Gasteiger partial charge in [-0.05, 0) is 23.8 Å². The molecule has 4 heterocycles. The highest BCUT2D eigenvalue weighted by atomic mass is 16.5. The van der Waals surface area contributed by atoms with Crippen molar-refractivity contribution in [3.05, 3.63) is 60.6 Å². The molecule has 4 N–H and O–H groups in total. The number of imidazole rings is 1. The fourth-order valence-electron chi connectivity index (χ4n) is 5.01. The highest BCUT2D eigenvalue weighted by Crippen LogP contribution is 2.41. The number of morpholine rings is 1. The molecule has 1 unspecified atom stereocenters. The summed E-state index contributed by atoms with van der Waals surface area (Å²) in [5.74, 6) is 1.48. The third-order valence-corrected chi connectivity index (χ3v) is 7.27. The van der Waals surface area contributed by atoms with Gasteiger partial charge in [0.15, 0.2) is 11.5 Å². The second-order valence-corrected chi connectivity index (χ2v) is 9.85. The van der Waals surface area contributed by atoms with Gasteiger partial charge in [-0.3, -0.25) is 0 Å². The first-order valence-corrected chi connectivity index (χ1v) is 12.2. The second kappa shape index (κ2) is 8.69. The van der Waals surface area contributed by atoms with Gasteiger partial charge in [0.1, 0.15) is 5.75 Å². The second-order valence-electron chi connectivity index (χ2n) is 9.85. The summed E-state index contributed by atoms with van der Waals surface area (Å²) in [4.78, 5) is 11.8. The van der Waals surface area contributed by atoms with E-state index in [2.05, 4.69) is 58.6 Å². The van der Waals surface area contributed by atoms with Crippen LogP contribution >= 0.6 is 0 Å². The van der Waals surface area contributed by atoms with Crippen molar-refractivity contribution in [1.82, 2.24) is 14.4 Å². The van der Waals surface area contributed by atoms with Crippen LogP contribution in [0.5, 0.6) is 5.75 Å². The number of benzene rings is 2. The molecule has 36 heavy (non-hydrogen) atoms. The molecule has 2 aromatic heterocycles. The molecule has 1 saturated heterocycles. The topological polar surface area (TPSA) is 102 Å². The van der Waals surface area contributed by atoms with Crippen LogP contribution in [0.2, 0.25) is 0 Å². The van der Waals surface area contributed by atoms with Gasteiger partial charge >= 0.3 is 0 Å². The third-order valence-electron chi connectivity index (χ3n) is 7.27. The minimum absolute atomic E-state index is 0.125. The summed E-state index contributed by atoms with van der Waals surface area (Å²) in [6, 6.07) is 12.5. The van der Waals surface area contributed by atoms with Crippen LogP contribution in [0.25, 0.3) is 16.9 Å². The van der Waals surface area contributed by atoms with Crippen molar-refractivity contribution >= 4 is 28.5 Å². The van der Waals surface area contributed by atoms with E-state index in [1.165, 1.54) is 5.56 Å². The van der Waals surface area contributed by atoms with Crippen LogP contribution in [0.4, 0.5) is 22.9 Å². The Morgan fingerprint density at radius 2 is 2.00 bits per heavy atom. The Kier molecular flexibility index (Phi) is 5.46. The smallest absolute Gasteiger partial charge is 0.180 e. The first-order valence-electron chi connectivity index (χ1n) is 12.2. The Balaban J connectivity index is 1.35. The van der Waals surface area contributed by atoms with E-state index in [1.807, 2.05) is 28.9 Å². The van der Waals surface area contributed by atoms with E-state index in [0.717, 1.165) is 66.0 Å². The van der Waals surface area contributed by atoms with Crippen molar-refractivity contribution in [2.24, 2.45) is 5.73 Å². The largest absolute Gasteiger partial charge is 0.495 e. The monoisotopic (exact) mass is 485 g/mol. The molecule has 1 atom stereocenters. The summed E-state index contributed by atoms with van der Waals surface area (Å²) < 4.78 is 13.2. The normalized spacial score (nSPS) is 18.7. The summed E-state index contributed by atoms with van der Waals surface area (Å²) in [5.41, 5.74) is 13.0. The van der Waals surface area contributed by atoms with E-state index in [0.29, 0.717) is 5.82 Å². The number of hydrogen-bond acceptors (Lipinski definition) is 8. The van der Waals surface area contributed by atoms with Crippen molar-refractivity contribution in [3.63, 3.8) is 0 Å². The molecule has 0 aliphatic carbocycles. The molecule has 9 nitrogen and oxygen atoms in total. The molecule has 0 spiro atoms. The zero-order chi connectivity index (χ0) is 24.9. The average Bonchev–Trinajstić information content (AvgIpc) is 3.46. The Labute approximate surface area is 210 Å². The number of nitrogens with zero attached hydrogens (tertiary/aromatic N) is 4. The molecule has 2 aliphatic heterocycles. The van der Waals surface area contributed by atoms with Gasteiger partial charge < -0.3 is 35.1 Å². The number of nitrogens with two attached hydrogens (primary N) is 1. The molecule has 0 saturated carbocycles. The van der Waals surface area contributed by atoms with Gasteiger partial charge in [-0.15, -0.1) is 0 Å². The number of ether oxygens (including phenoxy) is 2. The molecule has 186 valence electrons. The molecule has 0 radical (unpaired) electrons. The zero-order valence-electron chi connectivity index (χ0n) is 20.8. The number of rotatable bonds is 5. The van der Waals surface area contributed by atoms with Crippen LogP contribution in [0, 0.1) is 0 Å². The number of hydrogen-bond donors (Lipinski definition) is 3. The SMILES string of the molecule is COc1cc(Nc2nc(-c3ccc4c(c3)NC(N)C4(C)C)cn3ccnc23)ccc1N1CCOCC1. The van der Waals surface area contributed by atoms with Crippen LogP contribution in [-0.4, -0.2) is 53.9 Å². The number of anilines is 4. The van der Waals surface area contributed by atoms with Gasteiger partial charge in [0, 0.05) is 60.1 Å². The number of fused-ring (bicyclic) bond motifs is 2. The minimum atomic E-state index is -0.130. The van der Waals surface area contributed by atoms with E-state index in [9.17, 15) is 0 Å². The van der Waals surface area contributed by atoms with E-state index < -0.39 is 0 Å². The molecular weight excluding hydrogens is 454 g/mol. The van der Waals surface area contributed by atoms with Gasteiger partial charge in [0.2, 0.25) is 0 Å². The minimum Gasteiger partial charge on any atom is -0.495 e. The van der Waals surface area contributed by atoms with Crippen molar-refractivity contribution in [1.29, 1.82) is 0 Å². The molecule has 2 aliphatic rings. The standard InChI is InChI=1S/C27H31N7O2/c1-27(2)19-6-4-17(14-20(19)32-26(27)28)21-16-34-9-8-29-25(34)24(31-21)30-18-5-7-22(23(15-18)35-3)33-10-12-36-13-11-33/h4-9,14-16,26,32H,10-13,28H2,1-3H3,(H,30,31). The molecule has 6 rings (SSSR count). The predicted molar refractivity (Wildman–Crippen MR) is 142 cm³/mol. The fourth-order valence-corrected chi connectivity index (χ4v) is 5.01. The maximum Gasteiger partial charge on any atom is 0.180 e. The maximum absolute atomic E-state index is 6.34. The lowest BCUT2D eigenvalue weighted by molar-refractivity contribution is 0.122. The Hall–Kier alpha value is -3.82.